The van der Waals surface area contributed by atoms with Gasteiger partial charge in [0.25, 0.3) is 17.7 Å². The van der Waals surface area contributed by atoms with Gasteiger partial charge >= 0.3 is 5.97 Å². The molecule has 3 aromatic rings. The fraction of sp³-hybridized carbons (Fsp3) is 0.167. The van der Waals surface area contributed by atoms with Crippen LogP contribution in [0.1, 0.15) is 43.8 Å². The monoisotopic (exact) mass is 448 g/mol. The van der Waals surface area contributed by atoms with E-state index in [9.17, 15) is 19.2 Å². The molecule has 2 heterocycles. The van der Waals surface area contributed by atoms with Gasteiger partial charge in [-0.2, -0.15) is 0 Å². The zero-order valence-electron chi connectivity index (χ0n) is 17.9. The lowest BCUT2D eigenvalue weighted by Crippen LogP contribution is -2.30. The number of carbonyl (C=O) groups is 4. The third-order valence-corrected chi connectivity index (χ3v) is 5.12. The number of methoxy groups -OCH3 is 1. The Balaban J connectivity index is 1.45. The maximum absolute atomic E-state index is 12.7. The summed E-state index contributed by atoms with van der Waals surface area (Å²) < 4.78 is 15.7. The average molecular weight is 448 g/mol. The number of fused-ring (bicyclic) bond motifs is 1. The van der Waals surface area contributed by atoms with E-state index in [1.807, 2.05) is 0 Å². The van der Waals surface area contributed by atoms with Gasteiger partial charge < -0.3 is 19.2 Å². The molecule has 0 aliphatic carbocycles. The molecule has 0 saturated carbocycles. The van der Waals surface area contributed by atoms with Gasteiger partial charge in [-0.25, -0.2) is 4.79 Å². The lowest BCUT2D eigenvalue weighted by Gasteiger charge is -2.15. The van der Waals surface area contributed by atoms with Crippen molar-refractivity contribution in [3.8, 4) is 5.75 Å². The molecule has 0 fully saturated rings. The molecular formula is C24H20N2O7. The van der Waals surface area contributed by atoms with E-state index < -0.39 is 29.8 Å². The summed E-state index contributed by atoms with van der Waals surface area (Å²) >= 11 is 0. The van der Waals surface area contributed by atoms with E-state index >= 15 is 0 Å². The van der Waals surface area contributed by atoms with E-state index in [2.05, 4.69) is 5.32 Å². The number of amides is 3. The smallest absolute Gasteiger partial charge is 0.338 e. The second kappa shape index (κ2) is 8.99. The third-order valence-electron chi connectivity index (χ3n) is 5.12. The first-order chi connectivity index (χ1) is 15.9. The maximum Gasteiger partial charge on any atom is 0.338 e. The van der Waals surface area contributed by atoms with Crippen molar-refractivity contribution in [2.45, 2.75) is 19.6 Å². The van der Waals surface area contributed by atoms with E-state index in [0.29, 0.717) is 17.2 Å². The summed E-state index contributed by atoms with van der Waals surface area (Å²) in [4.78, 5) is 51.4. The van der Waals surface area contributed by atoms with Crippen molar-refractivity contribution < 1.29 is 33.1 Å². The van der Waals surface area contributed by atoms with Crippen LogP contribution in [-0.2, 0) is 16.1 Å². The summed E-state index contributed by atoms with van der Waals surface area (Å²) in [5.74, 6) is -1.45. The summed E-state index contributed by atoms with van der Waals surface area (Å²) in [6.45, 7) is 1.41. The van der Waals surface area contributed by atoms with E-state index in [1.165, 1.54) is 38.5 Å². The lowest BCUT2D eigenvalue weighted by molar-refractivity contribution is -0.123. The van der Waals surface area contributed by atoms with E-state index in [-0.39, 0.29) is 23.2 Å². The number of rotatable bonds is 7. The van der Waals surface area contributed by atoms with Crippen molar-refractivity contribution in [2.75, 3.05) is 12.4 Å². The van der Waals surface area contributed by atoms with E-state index in [1.54, 1.807) is 36.4 Å². The van der Waals surface area contributed by atoms with Gasteiger partial charge in [0, 0.05) is 0 Å². The summed E-state index contributed by atoms with van der Waals surface area (Å²) in [5, 5.41) is 2.64. The number of nitrogens with one attached hydrogen (secondary N) is 1. The molecule has 33 heavy (non-hydrogen) atoms. The van der Waals surface area contributed by atoms with Crippen LogP contribution in [0, 0.1) is 0 Å². The SMILES string of the molecule is COc1ccccc1NC(=O)[C@@H](C)OC(=O)c1ccc2c(c1)C(=O)N(Cc1ccco1)C2=O. The number of carbonyl (C=O) groups excluding carboxylic acids is 4. The number of furan rings is 1. The Kier molecular flexibility index (Phi) is 5.95. The second-order valence-corrected chi connectivity index (χ2v) is 7.27. The molecule has 3 amide bonds. The fourth-order valence-corrected chi connectivity index (χ4v) is 3.38. The molecule has 9 heteroatoms. The van der Waals surface area contributed by atoms with Crippen LogP contribution in [0.4, 0.5) is 5.69 Å². The van der Waals surface area contributed by atoms with Crippen LogP contribution < -0.4 is 10.1 Å². The van der Waals surface area contributed by atoms with Crippen LogP contribution in [0.3, 0.4) is 0 Å². The molecule has 0 saturated heterocycles. The largest absolute Gasteiger partial charge is 0.495 e. The van der Waals surface area contributed by atoms with Gasteiger partial charge in [-0.1, -0.05) is 12.1 Å². The Bertz CT molecular complexity index is 1230. The molecule has 1 aliphatic heterocycles. The molecule has 0 bridgehead atoms. The van der Waals surface area contributed by atoms with Crippen molar-refractivity contribution in [3.05, 3.63) is 83.3 Å². The van der Waals surface area contributed by atoms with Gasteiger partial charge in [0.1, 0.15) is 11.5 Å². The molecule has 2 aromatic carbocycles. The van der Waals surface area contributed by atoms with Crippen molar-refractivity contribution in [3.63, 3.8) is 0 Å². The quantitative estimate of drug-likeness (QED) is 0.436. The maximum atomic E-state index is 12.7. The zero-order chi connectivity index (χ0) is 23.5. The standard InChI is InChI=1S/C24H20N2O7/c1-14(21(27)25-19-7-3-4-8-20(19)31-2)33-24(30)15-9-10-17-18(12-15)23(29)26(22(17)28)13-16-6-5-11-32-16/h3-12,14H,13H2,1-2H3,(H,25,27)/t14-/m1/s1. The highest BCUT2D eigenvalue weighted by molar-refractivity contribution is 6.21. The number of ether oxygens (including phenoxy) is 2. The predicted molar refractivity (Wildman–Crippen MR) is 116 cm³/mol. The van der Waals surface area contributed by atoms with Gasteiger partial charge in [-0.3, -0.25) is 19.3 Å². The van der Waals surface area contributed by atoms with Crippen molar-refractivity contribution in [2.24, 2.45) is 0 Å². The molecule has 0 unspecified atom stereocenters. The van der Waals surface area contributed by atoms with Crippen LogP contribution in [0.15, 0.2) is 65.3 Å². The Morgan fingerprint density at radius 3 is 2.52 bits per heavy atom. The average Bonchev–Trinajstić information content (AvgIpc) is 3.42. The highest BCUT2D eigenvalue weighted by Crippen LogP contribution is 2.27. The minimum atomic E-state index is -1.12. The van der Waals surface area contributed by atoms with E-state index in [0.717, 1.165) is 4.90 Å². The number of hydrogen-bond acceptors (Lipinski definition) is 7. The Hall–Kier alpha value is -4.40. The summed E-state index contributed by atoms with van der Waals surface area (Å²) in [6, 6.07) is 14.2. The highest BCUT2D eigenvalue weighted by atomic mass is 16.5. The van der Waals surface area contributed by atoms with Crippen molar-refractivity contribution in [1.82, 2.24) is 4.90 Å². The predicted octanol–water partition coefficient (Wildman–Crippen LogP) is 3.27. The van der Waals surface area contributed by atoms with Gasteiger partial charge in [0.05, 0.1) is 42.3 Å². The minimum Gasteiger partial charge on any atom is -0.495 e. The molecular weight excluding hydrogens is 428 g/mol. The number of imide groups is 1. The minimum absolute atomic E-state index is 0.0146. The number of anilines is 1. The molecule has 1 N–H and O–H groups in total. The summed E-state index contributed by atoms with van der Waals surface area (Å²) in [6.07, 6.45) is 0.329. The van der Waals surface area contributed by atoms with Gasteiger partial charge in [-0.15, -0.1) is 0 Å². The van der Waals surface area contributed by atoms with Crippen LogP contribution in [0.5, 0.6) is 5.75 Å². The molecule has 4 rings (SSSR count). The number of benzene rings is 2. The highest BCUT2D eigenvalue weighted by Gasteiger charge is 2.36. The van der Waals surface area contributed by atoms with Gasteiger partial charge in [0.15, 0.2) is 6.10 Å². The number of hydrogen-bond donors (Lipinski definition) is 1. The van der Waals surface area contributed by atoms with Crippen LogP contribution in [0.25, 0.3) is 0 Å². The first-order valence-corrected chi connectivity index (χ1v) is 10.1. The third kappa shape index (κ3) is 4.33. The molecule has 168 valence electrons. The topological polar surface area (TPSA) is 115 Å². The van der Waals surface area contributed by atoms with Crippen LogP contribution in [0.2, 0.25) is 0 Å². The van der Waals surface area contributed by atoms with Crippen LogP contribution in [-0.4, -0.2) is 41.8 Å². The Morgan fingerprint density at radius 1 is 1.03 bits per heavy atom. The molecule has 0 radical (unpaired) electrons. The molecule has 1 aliphatic rings. The van der Waals surface area contributed by atoms with Crippen LogP contribution >= 0.6 is 0 Å². The zero-order valence-corrected chi connectivity index (χ0v) is 17.9. The lowest BCUT2D eigenvalue weighted by atomic mass is 10.1. The number of esters is 1. The first-order valence-electron chi connectivity index (χ1n) is 10.1. The normalized spacial score (nSPS) is 13.5. The van der Waals surface area contributed by atoms with Gasteiger partial charge in [-0.05, 0) is 49.4 Å². The van der Waals surface area contributed by atoms with Crippen molar-refractivity contribution >= 4 is 29.4 Å². The number of nitrogens with zero attached hydrogens (tertiary/aromatic N) is 1. The van der Waals surface area contributed by atoms with E-state index in [4.69, 9.17) is 13.9 Å². The number of para-hydroxylation sites is 2. The molecule has 9 nitrogen and oxygen atoms in total. The first kappa shape index (κ1) is 21.8. The van der Waals surface area contributed by atoms with Crippen molar-refractivity contribution in [1.29, 1.82) is 0 Å². The summed E-state index contributed by atoms with van der Waals surface area (Å²) in [5.41, 5.74) is 0.759. The summed E-state index contributed by atoms with van der Waals surface area (Å²) in [7, 11) is 1.48. The second-order valence-electron chi connectivity index (χ2n) is 7.27. The fourth-order valence-electron chi connectivity index (χ4n) is 3.38. The molecule has 1 aromatic heterocycles. The van der Waals surface area contributed by atoms with Gasteiger partial charge in [0.2, 0.25) is 0 Å². The Morgan fingerprint density at radius 2 is 1.79 bits per heavy atom. The molecule has 1 atom stereocenters. The molecule has 0 spiro atoms. The Labute approximate surface area is 188 Å².